The summed E-state index contributed by atoms with van der Waals surface area (Å²) in [5, 5.41) is 12.0. The summed E-state index contributed by atoms with van der Waals surface area (Å²) in [5.41, 5.74) is 5.72. The molecule has 0 fully saturated rings. The first-order valence-electron chi connectivity index (χ1n) is 10.8. The van der Waals surface area contributed by atoms with Gasteiger partial charge in [0.25, 0.3) is 0 Å². The second-order valence-electron chi connectivity index (χ2n) is 7.87. The SMILES string of the molecule is COc1cc(Nc2nc(-c3c(C)nn(C)c3C)nc3c2ncn3-c2ccsc2)cc(OC)c1OC. The molecule has 5 rings (SSSR count). The molecular formula is C24H25N7O3S. The Kier molecular flexibility index (Phi) is 5.77. The van der Waals surface area contributed by atoms with Crippen molar-refractivity contribution in [1.29, 1.82) is 0 Å². The highest BCUT2D eigenvalue weighted by Gasteiger charge is 2.21. The van der Waals surface area contributed by atoms with Gasteiger partial charge in [0.05, 0.1) is 38.3 Å². The Balaban J connectivity index is 1.72. The second-order valence-corrected chi connectivity index (χ2v) is 8.65. The third-order valence-electron chi connectivity index (χ3n) is 5.84. The number of ether oxygens (including phenoxy) is 3. The maximum absolute atomic E-state index is 5.52. The van der Waals surface area contributed by atoms with Crippen LogP contribution in [0.5, 0.6) is 17.2 Å². The molecule has 1 aromatic carbocycles. The van der Waals surface area contributed by atoms with Crippen molar-refractivity contribution in [3.8, 4) is 34.3 Å². The molecular weight excluding hydrogens is 466 g/mol. The van der Waals surface area contributed by atoms with Gasteiger partial charge >= 0.3 is 0 Å². The smallest absolute Gasteiger partial charge is 0.203 e. The number of aromatic nitrogens is 6. The van der Waals surface area contributed by atoms with Gasteiger partial charge in [-0.3, -0.25) is 9.25 Å². The number of benzene rings is 1. The van der Waals surface area contributed by atoms with Crippen LogP contribution >= 0.6 is 11.3 Å². The second kappa shape index (κ2) is 8.91. The highest BCUT2D eigenvalue weighted by Crippen LogP contribution is 2.41. The summed E-state index contributed by atoms with van der Waals surface area (Å²) in [7, 11) is 6.65. The van der Waals surface area contributed by atoms with Gasteiger partial charge in [-0.2, -0.15) is 16.4 Å². The topological polar surface area (TPSA) is 101 Å². The van der Waals surface area contributed by atoms with E-state index in [-0.39, 0.29) is 0 Å². The Morgan fingerprint density at radius 1 is 1.00 bits per heavy atom. The number of anilines is 2. The van der Waals surface area contributed by atoms with E-state index in [1.165, 1.54) is 0 Å². The molecule has 0 saturated heterocycles. The number of thiophene rings is 1. The Morgan fingerprint density at radius 3 is 2.31 bits per heavy atom. The molecule has 4 aromatic heterocycles. The number of rotatable bonds is 7. The Bertz CT molecular complexity index is 1500. The predicted octanol–water partition coefficient (Wildman–Crippen LogP) is 4.66. The van der Waals surface area contributed by atoms with Crippen molar-refractivity contribution in [3.05, 3.63) is 46.7 Å². The Morgan fingerprint density at radius 2 is 1.74 bits per heavy atom. The van der Waals surface area contributed by atoms with E-state index in [1.54, 1.807) is 39.0 Å². The predicted molar refractivity (Wildman–Crippen MR) is 136 cm³/mol. The number of methoxy groups -OCH3 is 3. The van der Waals surface area contributed by atoms with E-state index in [4.69, 9.17) is 24.2 Å². The molecule has 0 amide bonds. The molecule has 4 heterocycles. The molecule has 0 radical (unpaired) electrons. The third-order valence-corrected chi connectivity index (χ3v) is 6.51. The van der Waals surface area contributed by atoms with E-state index in [0.29, 0.717) is 45.7 Å². The van der Waals surface area contributed by atoms with E-state index < -0.39 is 0 Å². The lowest BCUT2D eigenvalue weighted by Gasteiger charge is -2.15. The van der Waals surface area contributed by atoms with E-state index in [9.17, 15) is 0 Å². The molecule has 0 aliphatic rings. The molecule has 0 aliphatic carbocycles. The zero-order valence-corrected chi connectivity index (χ0v) is 21.1. The summed E-state index contributed by atoms with van der Waals surface area (Å²) in [6.45, 7) is 3.96. The molecule has 10 nitrogen and oxygen atoms in total. The van der Waals surface area contributed by atoms with Crippen LogP contribution in [0.25, 0.3) is 28.2 Å². The van der Waals surface area contributed by atoms with Crippen molar-refractivity contribution in [2.24, 2.45) is 7.05 Å². The molecule has 0 saturated carbocycles. The van der Waals surface area contributed by atoms with Crippen LogP contribution in [0.1, 0.15) is 11.4 Å². The van der Waals surface area contributed by atoms with Gasteiger partial charge in [0.2, 0.25) is 5.75 Å². The summed E-state index contributed by atoms with van der Waals surface area (Å²) in [5.74, 6) is 2.69. The van der Waals surface area contributed by atoms with Gasteiger partial charge in [-0.25, -0.2) is 15.0 Å². The minimum Gasteiger partial charge on any atom is -0.493 e. The molecule has 0 bridgehead atoms. The quantitative estimate of drug-likeness (QED) is 0.351. The van der Waals surface area contributed by atoms with E-state index in [1.807, 2.05) is 53.7 Å². The van der Waals surface area contributed by atoms with Crippen LogP contribution in [0.3, 0.4) is 0 Å². The first kappa shape index (κ1) is 22.7. The van der Waals surface area contributed by atoms with Crippen molar-refractivity contribution < 1.29 is 14.2 Å². The summed E-state index contributed by atoms with van der Waals surface area (Å²) in [4.78, 5) is 14.5. The zero-order valence-electron chi connectivity index (χ0n) is 20.3. The van der Waals surface area contributed by atoms with E-state index in [0.717, 1.165) is 22.6 Å². The zero-order chi connectivity index (χ0) is 24.7. The lowest BCUT2D eigenvalue weighted by molar-refractivity contribution is 0.324. The number of hydrogen-bond acceptors (Lipinski definition) is 9. The van der Waals surface area contributed by atoms with Crippen LogP contribution in [0.4, 0.5) is 11.5 Å². The van der Waals surface area contributed by atoms with Gasteiger partial charge in [-0.1, -0.05) is 0 Å². The number of nitrogens with zero attached hydrogens (tertiary/aromatic N) is 6. The van der Waals surface area contributed by atoms with Gasteiger partial charge in [0, 0.05) is 35.9 Å². The highest BCUT2D eigenvalue weighted by atomic mass is 32.1. The first-order valence-corrected chi connectivity index (χ1v) is 11.7. The van der Waals surface area contributed by atoms with E-state index >= 15 is 0 Å². The van der Waals surface area contributed by atoms with Crippen LogP contribution in [-0.2, 0) is 7.05 Å². The van der Waals surface area contributed by atoms with Crippen LogP contribution in [-0.4, -0.2) is 50.6 Å². The van der Waals surface area contributed by atoms with Crippen molar-refractivity contribution in [1.82, 2.24) is 29.3 Å². The molecule has 0 unspecified atom stereocenters. The van der Waals surface area contributed by atoms with Gasteiger partial charge in [0.15, 0.2) is 34.3 Å². The van der Waals surface area contributed by atoms with Gasteiger partial charge in [0.1, 0.15) is 6.33 Å². The van der Waals surface area contributed by atoms with E-state index in [2.05, 4.69) is 20.8 Å². The molecule has 180 valence electrons. The fourth-order valence-electron chi connectivity index (χ4n) is 4.07. The monoisotopic (exact) mass is 491 g/mol. The largest absolute Gasteiger partial charge is 0.493 e. The molecule has 1 N–H and O–H groups in total. The summed E-state index contributed by atoms with van der Waals surface area (Å²) in [6, 6.07) is 5.68. The summed E-state index contributed by atoms with van der Waals surface area (Å²) in [6.07, 6.45) is 1.76. The average molecular weight is 492 g/mol. The lowest BCUT2D eigenvalue weighted by atomic mass is 10.2. The molecule has 35 heavy (non-hydrogen) atoms. The number of aryl methyl sites for hydroxylation is 2. The summed E-state index contributed by atoms with van der Waals surface area (Å²) >= 11 is 1.61. The van der Waals surface area contributed by atoms with Gasteiger partial charge in [-0.15, -0.1) is 0 Å². The van der Waals surface area contributed by atoms with Crippen molar-refractivity contribution in [3.63, 3.8) is 0 Å². The number of imidazole rings is 1. The Labute approximate surface area is 206 Å². The fraction of sp³-hybridized carbons (Fsp3) is 0.250. The van der Waals surface area contributed by atoms with Crippen molar-refractivity contribution >= 4 is 34.0 Å². The van der Waals surface area contributed by atoms with Gasteiger partial charge in [-0.05, 0) is 25.3 Å². The van der Waals surface area contributed by atoms with Gasteiger partial charge < -0.3 is 19.5 Å². The first-order chi connectivity index (χ1) is 16.9. The molecule has 11 heteroatoms. The minimum absolute atomic E-state index is 0.511. The minimum atomic E-state index is 0.511. The number of fused-ring (bicyclic) bond motifs is 1. The van der Waals surface area contributed by atoms with Crippen LogP contribution < -0.4 is 19.5 Å². The van der Waals surface area contributed by atoms with Crippen LogP contribution in [0.2, 0.25) is 0 Å². The van der Waals surface area contributed by atoms with Crippen LogP contribution in [0, 0.1) is 13.8 Å². The lowest BCUT2D eigenvalue weighted by Crippen LogP contribution is -2.03. The maximum atomic E-state index is 5.52. The molecule has 0 spiro atoms. The third kappa shape index (κ3) is 3.83. The van der Waals surface area contributed by atoms with Crippen molar-refractivity contribution in [2.75, 3.05) is 26.6 Å². The Hall–Kier alpha value is -4.12. The normalized spacial score (nSPS) is 11.1. The molecule has 0 atom stereocenters. The van der Waals surface area contributed by atoms with Crippen molar-refractivity contribution in [2.45, 2.75) is 13.8 Å². The standard InChI is InChI=1S/C24H25N7O3S/c1-13-19(14(2)30(3)29-13)22-27-23(20-24(28-22)31(12-25-20)16-7-8-35-11-16)26-15-9-17(32-4)21(34-6)18(10-15)33-5/h7-12H,1-6H3,(H,26,27,28). The number of hydrogen-bond donors (Lipinski definition) is 1. The molecule has 0 aliphatic heterocycles. The molecule has 5 aromatic rings. The van der Waals surface area contributed by atoms with Crippen LogP contribution in [0.15, 0.2) is 35.3 Å². The highest BCUT2D eigenvalue weighted by molar-refractivity contribution is 7.08. The number of nitrogens with one attached hydrogen (secondary N) is 1. The average Bonchev–Trinajstić information content (AvgIpc) is 3.58. The maximum Gasteiger partial charge on any atom is 0.203 e. The fourth-order valence-corrected chi connectivity index (χ4v) is 4.70. The summed E-state index contributed by atoms with van der Waals surface area (Å²) < 4.78 is 20.3.